The lowest BCUT2D eigenvalue weighted by molar-refractivity contribution is 0.148. The number of aromatic nitrogens is 1. The number of benzene rings is 1. The van der Waals surface area contributed by atoms with Crippen LogP contribution in [0.2, 0.25) is 0 Å². The molecule has 3 rings (SSSR count). The minimum atomic E-state index is 0.580. The van der Waals surface area contributed by atoms with Crippen LogP contribution in [-0.2, 0) is 6.54 Å². The third kappa shape index (κ3) is 3.91. The molecule has 124 valence electrons. The summed E-state index contributed by atoms with van der Waals surface area (Å²) in [5.41, 5.74) is 3.01. The summed E-state index contributed by atoms with van der Waals surface area (Å²) in [6, 6.07) is 14.4. The van der Waals surface area contributed by atoms with Gasteiger partial charge in [-0.15, -0.1) is 0 Å². The second-order valence-electron chi connectivity index (χ2n) is 6.33. The minimum absolute atomic E-state index is 0.580. The van der Waals surface area contributed by atoms with Gasteiger partial charge in [0.05, 0.1) is 5.56 Å². The molecule has 5 heteroatoms. The van der Waals surface area contributed by atoms with Gasteiger partial charge in [0.25, 0.3) is 0 Å². The first-order valence-electron chi connectivity index (χ1n) is 8.25. The summed E-state index contributed by atoms with van der Waals surface area (Å²) in [6.07, 6.45) is 1.61. The van der Waals surface area contributed by atoms with E-state index in [2.05, 4.69) is 57.1 Å². The fraction of sp³-hybridized carbons (Fsp3) is 0.368. The van der Waals surface area contributed by atoms with Gasteiger partial charge in [-0.25, -0.2) is 4.98 Å². The maximum Gasteiger partial charge on any atom is 0.132 e. The fourth-order valence-electron chi connectivity index (χ4n) is 2.91. The molecule has 0 N–H and O–H groups in total. The van der Waals surface area contributed by atoms with Crippen molar-refractivity contribution >= 4 is 11.5 Å². The first kappa shape index (κ1) is 16.4. The van der Waals surface area contributed by atoms with Crippen LogP contribution >= 0.6 is 0 Å². The minimum Gasteiger partial charge on any atom is -0.329 e. The van der Waals surface area contributed by atoms with Crippen LogP contribution in [-0.4, -0.2) is 55.1 Å². The van der Waals surface area contributed by atoms with Crippen LogP contribution in [0.5, 0.6) is 0 Å². The van der Waals surface area contributed by atoms with E-state index in [1.54, 1.807) is 12.3 Å². The average molecular weight is 321 g/mol. The van der Waals surface area contributed by atoms with Crippen molar-refractivity contribution in [1.29, 1.82) is 5.26 Å². The summed E-state index contributed by atoms with van der Waals surface area (Å²) in [4.78, 5) is 11.3. The van der Waals surface area contributed by atoms with E-state index in [0.717, 1.165) is 44.2 Å². The standard InChI is InChI=1S/C19H23N5/c1-22-8-10-24(11-9-22)15-16-4-3-5-18(12-16)23(2)19-7-6-17(13-20)14-21-19/h3-7,12,14H,8-11,15H2,1-2H3. The Morgan fingerprint density at radius 1 is 1.17 bits per heavy atom. The third-order valence-corrected chi connectivity index (χ3v) is 4.52. The lowest BCUT2D eigenvalue weighted by Crippen LogP contribution is -2.43. The SMILES string of the molecule is CN1CCN(Cc2cccc(N(C)c3ccc(C#N)cn3)c2)CC1. The predicted molar refractivity (Wildman–Crippen MR) is 96.2 cm³/mol. The van der Waals surface area contributed by atoms with Crippen molar-refractivity contribution in [3.63, 3.8) is 0 Å². The first-order chi connectivity index (χ1) is 11.7. The molecule has 0 atom stereocenters. The van der Waals surface area contributed by atoms with Crippen LogP contribution in [0.4, 0.5) is 11.5 Å². The number of piperazine rings is 1. The van der Waals surface area contributed by atoms with E-state index in [0.29, 0.717) is 5.56 Å². The molecule has 0 saturated carbocycles. The molecule has 0 amide bonds. The van der Waals surface area contributed by atoms with E-state index in [4.69, 9.17) is 5.26 Å². The third-order valence-electron chi connectivity index (χ3n) is 4.52. The Labute approximate surface area is 143 Å². The summed E-state index contributed by atoms with van der Waals surface area (Å²) in [7, 11) is 4.18. The van der Waals surface area contributed by atoms with Gasteiger partial charge < -0.3 is 9.80 Å². The Morgan fingerprint density at radius 3 is 2.62 bits per heavy atom. The number of nitriles is 1. The van der Waals surface area contributed by atoms with Crippen LogP contribution in [0, 0.1) is 11.3 Å². The molecule has 1 aliphatic rings. The molecule has 0 spiro atoms. The highest BCUT2D eigenvalue weighted by Crippen LogP contribution is 2.23. The lowest BCUT2D eigenvalue weighted by atomic mass is 10.1. The molecule has 1 aliphatic heterocycles. The highest BCUT2D eigenvalue weighted by Gasteiger charge is 2.14. The van der Waals surface area contributed by atoms with Crippen molar-refractivity contribution in [3.8, 4) is 6.07 Å². The van der Waals surface area contributed by atoms with Crippen molar-refractivity contribution < 1.29 is 0 Å². The fourth-order valence-corrected chi connectivity index (χ4v) is 2.91. The van der Waals surface area contributed by atoms with Crippen LogP contribution in [0.15, 0.2) is 42.6 Å². The Morgan fingerprint density at radius 2 is 1.96 bits per heavy atom. The van der Waals surface area contributed by atoms with Gasteiger partial charge in [0.1, 0.15) is 11.9 Å². The number of pyridine rings is 1. The summed E-state index contributed by atoms with van der Waals surface area (Å²) in [5.74, 6) is 0.839. The second kappa shape index (κ2) is 7.43. The predicted octanol–water partition coefficient (Wildman–Crippen LogP) is 2.47. The molecular formula is C19H23N5. The maximum atomic E-state index is 8.88. The van der Waals surface area contributed by atoms with E-state index in [1.807, 2.05) is 13.1 Å². The number of hydrogen-bond donors (Lipinski definition) is 0. The smallest absolute Gasteiger partial charge is 0.132 e. The zero-order valence-corrected chi connectivity index (χ0v) is 14.3. The highest BCUT2D eigenvalue weighted by molar-refractivity contribution is 5.60. The molecule has 1 aromatic carbocycles. The van der Waals surface area contributed by atoms with Gasteiger partial charge in [-0.1, -0.05) is 12.1 Å². The maximum absolute atomic E-state index is 8.88. The highest BCUT2D eigenvalue weighted by atomic mass is 15.2. The molecule has 1 aromatic heterocycles. The Bertz CT molecular complexity index is 711. The molecular weight excluding hydrogens is 298 g/mol. The molecule has 2 aromatic rings. The van der Waals surface area contributed by atoms with Crippen LogP contribution < -0.4 is 4.90 Å². The van der Waals surface area contributed by atoms with Crippen molar-refractivity contribution in [3.05, 3.63) is 53.7 Å². The summed E-state index contributed by atoms with van der Waals surface area (Å²) in [6.45, 7) is 5.49. The van der Waals surface area contributed by atoms with Crippen molar-refractivity contribution in [2.75, 3.05) is 45.2 Å². The van der Waals surface area contributed by atoms with Crippen molar-refractivity contribution in [1.82, 2.24) is 14.8 Å². The molecule has 2 heterocycles. The monoisotopic (exact) mass is 321 g/mol. The first-order valence-corrected chi connectivity index (χ1v) is 8.25. The molecule has 0 radical (unpaired) electrons. The van der Waals surface area contributed by atoms with Crippen LogP contribution in [0.1, 0.15) is 11.1 Å². The molecule has 0 bridgehead atoms. The van der Waals surface area contributed by atoms with Gasteiger partial charge in [0.2, 0.25) is 0 Å². The topological polar surface area (TPSA) is 46.4 Å². The summed E-state index contributed by atoms with van der Waals surface area (Å²) in [5, 5.41) is 8.88. The van der Waals surface area contributed by atoms with Gasteiger partial charge >= 0.3 is 0 Å². The van der Waals surface area contributed by atoms with Crippen molar-refractivity contribution in [2.45, 2.75) is 6.54 Å². The van der Waals surface area contributed by atoms with Crippen molar-refractivity contribution in [2.24, 2.45) is 0 Å². The normalized spacial score (nSPS) is 15.9. The number of likely N-dealkylation sites (N-methyl/N-ethyl adjacent to an activating group) is 1. The van der Waals surface area contributed by atoms with E-state index >= 15 is 0 Å². The van der Waals surface area contributed by atoms with Crippen LogP contribution in [0.3, 0.4) is 0 Å². The molecule has 0 unspecified atom stereocenters. The van der Waals surface area contributed by atoms with Gasteiger partial charge in [0, 0.05) is 51.7 Å². The number of rotatable bonds is 4. The Hall–Kier alpha value is -2.42. The van der Waals surface area contributed by atoms with E-state index < -0.39 is 0 Å². The summed E-state index contributed by atoms with van der Waals surface area (Å²) < 4.78 is 0. The van der Waals surface area contributed by atoms with Gasteiger partial charge in [-0.2, -0.15) is 5.26 Å². The van der Waals surface area contributed by atoms with E-state index in [1.165, 1.54) is 5.56 Å². The second-order valence-corrected chi connectivity index (χ2v) is 6.33. The molecule has 24 heavy (non-hydrogen) atoms. The molecule has 0 aliphatic carbocycles. The largest absolute Gasteiger partial charge is 0.329 e. The van der Waals surface area contributed by atoms with Gasteiger partial charge in [-0.05, 0) is 36.9 Å². The summed E-state index contributed by atoms with van der Waals surface area (Å²) >= 11 is 0. The van der Waals surface area contributed by atoms with E-state index in [9.17, 15) is 0 Å². The molecule has 1 fully saturated rings. The lowest BCUT2D eigenvalue weighted by Gasteiger charge is -2.32. The Balaban J connectivity index is 1.71. The van der Waals surface area contributed by atoms with Gasteiger partial charge in [-0.3, -0.25) is 4.90 Å². The number of hydrogen-bond acceptors (Lipinski definition) is 5. The average Bonchev–Trinajstić information content (AvgIpc) is 2.63. The number of nitrogens with zero attached hydrogens (tertiary/aromatic N) is 5. The molecule has 5 nitrogen and oxygen atoms in total. The number of anilines is 2. The van der Waals surface area contributed by atoms with E-state index in [-0.39, 0.29) is 0 Å². The zero-order valence-electron chi connectivity index (χ0n) is 14.3. The Kier molecular flexibility index (Phi) is 5.09. The zero-order chi connectivity index (χ0) is 16.9. The van der Waals surface area contributed by atoms with Crippen LogP contribution in [0.25, 0.3) is 0 Å². The quantitative estimate of drug-likeness (QED) is 0.866. The van der Waals surface area contributed by atoms with Gasteiger partial charge in [0.15, 0.2) is 0 Å². The molecule has 1 saturated heterocycles.